The maximum atomic E-state index is 11.1. The SMILES string of the molecule is O=c1ccc2ncccc2n1Br. The minimum absolute atomic E-state index is 0.0875. The summed E-state index contributed by atoms with van der Waals surface area (Å²) >= 11 is 3.14. The Morgan fingerprint density at radius 2 is 2.17 bits per heavy atom. The maximum absolute atomic E-state index is 11.1. The molecule has 0 saturated carbocycles. The number of hydrogen-bond acceptors (Lipinski definition) is 2. The van der Waals surface area contributed by atoms with Crippen molar-refractivity contribution >= 4 is 27.2 Å². The number of aromatic nitrogens is 2. The van der Waals surface area contributed by atoms with E-state index in [1.807, 2.05) is 6.07 Å². The highest BCUT2D eigenvalue weighted by Crippen LogP contribution is 2.08. The van der Waals surface area contributed by atoms with E-state index in [9.17, 15) is 4.79 Å². The second-order valence-corrected chi connectivity index (χ2v) is 3.07. The Hall–Kier alpha value is -1.16. The van der Waals surface area contributed by atoms with Gasteiger partial charge in [-0.25, -0.2) is 3.59 Å². The topological polar surface area (TPSA) is 34.9 Å². The highest BCUT2D eigenvalue weighted by Gasteiger charge is 1.98. The van der Waals surface area contributed by atoms with Crippen molar-refractivity contribution in [3.05, 3.63) is 40.8 Å². The quantitative estimate of drug-likeness (QED) is 0.681. The van der Waals surface area contributed by atoms with Crippen LogP contribution in [0.5, 0.6) is 0 Å². The van der Waals surface area contributed by atoms with E-state index in [1.165, 1.54) is 9.66 Å². The normalized spacial score (nSPS) is 10.4. The van der Waals surface area contributed by atoms with E-state index in [2.05, 4.69) is 21.1 Å². The summed E-state index contributed by atoms with van der Waals surface area (Å²) in [5.74, 6) is 0. The number of hydrogen-bond donors (Lipinski definition) is 0. The van der Waals surface area contributed by atoms with Crippen LogP contribution in [0, 0.1) is 0 Å². The van der Waals surface area contributed by atoms with Gasteiger partial charge in [-0.3, -0.25) is 9.78 Å². The zero-order valence-corrected chi connectivity index (χ0v) is 7.65. The van der Waals surface area contributed by atoms with Gasteiger partial charge in [0, 0.05) is 12.3 Å². The van der Waals surface area contributed by atoms with Crippen molar-refractivity contribution in [2.24, 2.45) is 0 Å². The van der Waals surface area contributed by atoms with Crippen molar-refractivity contribution in [1.82, 2.24) is 8.58 Å². The Bertz CT molecular complexity index is 478. The highest BCUT2D eigenvalue weighted by molar-refractivity contribution is 9.08. The van der Waals surface area contributed by atoms with Crippen LogP contribution in [0.3, 0.4) is 0 Å². The summed E-state index contributed by atoms with van der Waals surface area (Å²) in [5.41, 5.74) is 1.49. The lowest BCUT2D eigenvalue weighted by atomic mass is 10.3. The fourth-order valence-electron chi connectivity index (χ4n) is 1.04. The Morgan fingerprint density at radius 3 is 3.00 bits per heavy atom. The van der Waals surface area contributed by atoms with Gasteiger partial charge in [-0.2, -0.15) is 0 Å². The lowest BCUT2D eigenvalue weighted by Gasteiger charge is -1.98. The number of rotatable bonds is 0. The van der Waals surface area contributed by atoms with E-state index in [-0.39, 0.29) is 5.56 Å². The molecule has 2 aromatic rings. The van der Waals surface area contributed by atoms with Gasteiger partial charge in [0.25, 0.3) is 5.56 Å². The van der Waals surface area contributed by atoms with E-state index >= 15 is 0 Å². The molecule has 0 aliphatic carbocycles. The standard InChI is InChI=1S/C8H5BrN2O/c9-11-7-2-1-5-10-6(7)3-4-8(11)12/h1-5H. The third-order valence-corrected chi connectivity index (χ3v) is 2.34. The molecule has 2 rings (SSSR count). The summed E-state index contributed by atoms with van der Waals surface area (Å²) in [6, 6.07) is 6.80. The molecule has 0 bridgehead atoms. The predicted octanol–water partition coefficient (Wildman–Crippen LogP) is 1.55. The van der Waals surface area contributed by atoms with Crippen LogP contribution in [0.2, 0.25) is 0 Å². The van der Waals surface area contributed by atoms with Crippen LogP contribution in [0.4, 0.5) is 0 Å². The van der Waals surface area contributed by atoms with E-state index < -0.39 is 0 Å². The molecule has 3 nitrogen and oxygen atoms in total. The third kappa shape index (κ3) is 1.04. The van der Waals surface area contributed by atoms with Crippen molar-refractivity contribution in [3.8, 4) is 0 Å². The molecule has 12 heavy (non-hydrogen) atoms. The van der Waals surface area contributed by atoms with Crippen molar-refractivity contribution < 1.29 is 0 Å². The van der Waals surface area contributed by atoms with Crippen molar-refractivity contribution in [2.75, 3.05) is 0 Å². The fourth-order valence-corrected chi connectivity index (χ4v) is 1.46. The summed E-state index contributed by atoms with van der Waals surface area (Å²) in [6.07, 6.45) is 1.69. The minimum Gasteiger partial charge on any atom is -0.268 e. The molecule has 0 atom stereocenters. The van der Waals surface area contributed by atoms with Gasteiger partial charge in [0.15, 0.2) is 0 Å². The zero-order chi connectivity index (χ0) is 8.55. The van der Waals surface area contributed by atoms with Crippen LogP contribution in [0.25, 0.3) is 11.0 Å². The molecule has 0 aliphatic rings. The first-order valence-electron chi connectivity index (χ1n) is 3.42. The monoisotopic (exact) mass is 224 g/mol. The van der Waals surface area contributed by atoms with Crippen LogP contribution in [0.1, 0.15) is 0 Å². The molecule has 0 radical (unpaired) electrons. The predicted molar refractivity (Wildman–Crippen MR) is 50.3 cm³/mol. The average molecular weight is 225 g/mol. The van der Waals surface area contributed by atoms with Crippen LogP contribution >= 0.6 is 16.1 Å². The molecule has 0 amide bonds. The van der Waals surface area contributed by atoms with E-state index in [4.69, 9.17) is 0 Å². The van der Waals surface area contributed by atoms with E-state index in [1.54, 1.807) is 18.3 Å². The lowest BCUT2D eigenvalue weighted by Crippen LogP contribution is -2.10. The van der Waals surface area contributed by atoms with Gasteiger partial charge in [0.1, 0.15) is 0 Å². The molecule has 0 N–H and O–H groups in total. The summed E-state index contributed by atoms with van der Waals surface area (Å²) in [7, 11) is 0. The van der Waals surface area contributed by atoms with Gasteiger partial charge in [-0.15, -0.1) is 0 Å². The number of halogens is 1. The summed E-state index contributed by atoms with van der Waals surface area (Å²) in [4.78, 5) is 15.2. The number of pyridine rings is 2. The first-order chi connectivity index (χ1) is 5.79. The second kappa shape index (κ2) is 2.71. The van der Waals surface area contributed by atoms with Crippen LogP contribution < -0.4 is 5.56 Å². The fraction of sp³-hybridized carbons (Fsp3) is 0. The molecular weight excluding hydrogens is 220 g/mol. The van der Waals surface area contributed by atoms with Gasteiger partial charge in [0.2, 0.25) is 0 Å². The van der Waals surface area contributed by atoms with Crippen molar-refractivity contribution in [3.63, 3.8) is 0 Å². The maximum Gasteiger partial charge on any atom is 0.261 e. The van der Waals surface area contributed by atoms with Gasteiger partial charge >= 0.3 is 0 Å². The summed E-state index contributed by atoms with van der Waals surface area (Å²) < 4.78 is 1.40. The Labute approximate surface area is 77.0 Å². The molecule has 0 aliphatic heterocycles. The van der Waals surface area contributed by atoms with E-state index in [0.717, 1.165) is 11.0 Å². The van der Waals surface area contributed by atoms with Gasteiger partial charge in [-0.1, -0.05) is 0 Å². The smallest absolute Gasteiger partial charge is 0.261 e. The Kier molecular flexibility index (Phi) is 1.69. The highest BCUT2D eigenvalue weighted by atomic mass is 79.9. The van der Waals surface area contributed by atoms with Crippen molar-refractivity contribution in [1.29, 1.82) is 0 Å². The van der Waals surface area contributed by atoms with Crippen LogP contribution in [-0.4, -0.2) is 8.58 Å². The number of fused-ring (bicyclic) bond motifs is 1. The van der Waals surface area contributed by atoms with Gasteiger partial charge in [-0.05, 0) is 18.2 Å². The molecule has 2 heterocycles. The summed E-state index contributed by atoms with van der Waals surface area (Å²) in [5, 5.41) is 0. The molecule has 4 heteroatoms. The molecule has 2 aromatic heterocycles. The second-order valence-electron chi connectivity index (χ2n) is 2.36. The van der Waals surface area contributed by atoms with Crippen LogP contribution in [-0.2, 0) is 0 Å². The van der Waals surface area contributed by atoms with Crippen molar-refractivity contribution in [2.45, 2.75) is 0 Å². The molecule has 0 aromatic carbocycles. The molecule has 60 valence electrons. The summed E-state index contributed by atoms with van der Waals surface area (Å²) in [6.45, 7) is 0. The minimum atomic E-state index is -0.0875. The average Bonchev–Trinajstić information content (AvgIpc) is 2.12. The number of nitrogens with zero attached hydrogens (tertiary/aromatic N) is 2. The Morgan fingerprint density at radius 1 is 1.33 bits per heavy atom. The van der Waals surface area contributed by atoms with Crippen LogP contribution in [0.15, 0.2) is 35.3 Å². The molecule has 0 fully saturated rings. The molecule has 0 unspecified atom stereocenters. The zero-order valence-electron chi connectivity index (χ0n) is 6.07. The van der Waals surface area contributed by atoms with Gasteiger partial charge in [0.05, 0.1) is 27.2 Å². The molecule has 0 saturated heterocycles. The first kappa shape index (κ1) is 7.49. The van der Waals surface area contributed by atoms with E-state index in [0.29, 0.717) is 0 Å². The first-order valence-corrected chi connectivity index (χ1v) is 4.13. The Balaban J connectivity index is 3.01. The lowest BCUT2D eigenvalue weighted by molar-refractivity contribution is 1.22. The van der Waals surface area contributed by atoms with Gasteiger partial charge < -0.3 is 0 Å². The molecular formula is C8H5BrN2O. The largest absolute Gasteiger partial charge is 0.268 e. The molecule has 0 spiro atoms. The third-order valence-electron chi connectivity index (χ3n) is 1.60.